The van der Waals surface area contributed by atoms with E-state index < -0.39 is 53.7 Å². The van der Waals surface area contributed by atoms with Crippen LogP contribution in [-0.4, -0.2) is 107 Å². The zero-order valence-corrected chi connectivity index (χ0v) is 36.6. The summed E-state index contributed by atoms with van der Waals surface area (Å²) in [6.07, 6.45) is 10.1. The Labute approximate surface area is 364 Å². The number of nitrogens with one attached hydrogen (secondary N) is 1. The minimum Gasteiger partial charge on any atom is -0.458 e. The highest BCUT2D eigenvalue weighted by atomic mass is 16.8. The summed E-state index contributed by atoms with van der Waals surface area (Å²) in [6, 6.07) is 16.1. The Kier molecular flexibility index (Phi) is 9.91. The van der Waals surface area contributed by atoms with Crippen molar-refractivity contribution in [2.75, 3.05) is 20.2 Å². The van der Waals surface area contributed by atoms with E-state index in [0.29, 0.717) is 23.4 Å². The van der Waals surface area contributed by atoms with Crippen LogP contribution in [0.25, 0.3) is 6.08 Å². The van der Waals surface area contributed by atoms with Crippen LogP contribution in [-0.2, 0) is 51.1 Å². The van der Waals surface area contributed by atoms with Gasteiger partial charge in [-0.3, -0.25) is 19.2 Å². The smallest absolute Gasteiger partial charge is 0.327 e. The summed E-state index contributed by atoms with van der Waals surface area (Å²) in [5, 5.41) is 14.1. The monoisotopic (exact) mass is 849 g/mol. The van der Waals surface area contributed by atoms with Gasteiger partial charge < -0.3 is 34.3 Å². The summed E-state index contributed by atoms with van der Waals surface area (Å²) >= 11 is 0. The molecule has 4 saturated heterocycles. The number of esters is 1. The number of hydrogen-bond donors (Lipinski definition) is 2. The van der Waals surface area contributed by atoms with Crippen LogP contribution in [0.1, 0.15) is 102 Å². The molecule has 11 rings (SSSR count). The number of epoxide rings is 1. The molecule has 5 saturated carbocycles. The third-order valence-electron chi connectivity index (χ3n) is 16.7. The first-order chi connectivity index (χ1) is 29.8. The maximum Gasteiger partial charge on any atom is 0.327 e. The van der Waals surface area contributed by atoms with Gasteiger partial charge in [-0.05, 0) is 98.7 Å². The van der Waals surface area contributed by atoms with Crippen LogP contribution in [0, 0.1) is 34.5 Å². The lowest BCUT2D eigenvalue weighted by atomic mass is 9.52. The molecule has 2 aromatic rings. The SMILES string of the molecule is CN(C(=O)[C@@]12C[C@H]3OC(=O)[C@@H]1N(Cc1ccc(C=C4CCC5O[C@]5(C)CC[C@@H]5[C@@H]4CC5(C)C)cc1)O[C@@H]2[C@H]1OC(C2CC2)(C2CC2)O[C@H]13)[C@H](Cc1ccccc1)C(=O)NCCO. The zero-order chi connectivity index (χ0) is 42.8. The first-order valence-corrected chi connectivity index (χ1v) is 23.5. The van der Waals surface area contributed by atoms with Crippen molar-refractivity contribution in [2.45, 2.75) is 152 Å². The molecular formula is C50H63N3O9. The largest absolute Gasteiger partial charge is 0.458 e. The molecule has 5 aliphatic carbocycles. The summed E-state index contributed by atoms with van der Waals surface area (Å²) in [4.78, 5) is 52.5. The molecule has 4 heterocycles. The lowest BCUT2D eigenvalue weighted by molar-refractivity contribution is -0.235. The van der Waals surface area contributed by atoms with Crippen LogP contribution < -0.4 is 5.32 Å². The van der Waals surface area contributed by atoms with Gasteiger partial charge in [-0.15, -0.1) is 0 Å². The van der Waals surface area contributed by atoms with E-state index in [1.54, 1.807) is 12.1 Å². The standard InChI is InChI=1S/C50H63N3O9/c1-47(2)26-35-32(14-19-39-48(3,59-39)21-20-36(35)47)24-30-10-12-31(13-11-30)28-53-42-45(56)58-38-27-49(42,43(62-53)41-40(38)60-50(61-41,33-15-16-33)34-17-18-34)46(57)52(4)37(44(55)51-22-23-54)25-29-8-6-5-7-9-29/h5-13,24,33-43,54H,14-23,25-28H2,1-4H3,(H,51,55)/t35-,36-,37-,38-,39?,40+,41+,42+,43-,48-,49+/m1/s1. The highest BCUT2D eigenvalue weighted by Crippen LogP contribution is 2.64. The second-order valence-electron chi connectivity index (χ2n) is 21.2. The minimum atomic E-state index is -1.41. The van der Waals surface area contributed by atoms with E-state index in [1.165, 1.54) is 23.3 Å². The highest BCUT2D eigenvalue weighted by molar-refractivity contribution is 5.96. The molecular weight excluding hydrogens is 787 g/mol. The van der Waals surface area contributed by atoms with E-state index in [4.69, 9.17) is 23.8 Å². The third-order valence-corrected chi connectivity index (χ3v) is 16.7. The van der Waals surface area contributed by atoms with E-state index in [-0.39, 0.29) is 61.8 Å². The van der Waals surface area contributed by atoms with Gasteiger partial charge in [-0.1, -0.05) is 80.1 Å². The first kappa shape index (κ1) is 41.1. The topological polar surface area (TPSA) is 139 Å². The van der Waals surface area contributed by atoms with Crippen LogP contribution in [0.15, 0.2) is 60.2 Å². The summed E-state index contributed by atoms with van der Waals surface area (Å²) in [5.41, 5.74) is 3.45. The zero-order valence-electron chi connectivity index (χ0n) is 36.6. The maximum absolute atomic E-state index is 15.6. The summed E-state index contributed by atoms with van der Waals surface area (Å²) in [5.74, 6) is -0.278. The van der Waals surface area contributed by atoms with Gasteiger partial charge in [0, 0.05) is 38.3 Å². The predicted octanol–water partition coefficient (Wildman–Crippen LogP) is 5.74. The first-order valence-electron chi connectivity index (χ1n) is 23.5. The molecule has 4 aliphatic heterocycles. The van der Waals surface area contributed by atoms with Crippen LogP contribution >= 0.6 is 0 Å². The Morgan fingerprint density at radius 2 is 1.65 bits per heavy atom. The molecule has 62 heavy (non-hydrogen) atoms. The van der Waals surface area contributed by atoms with Gasteiger partial charge in [-0.2, -0.15) is 5.06 Å². The number of carbonyl (C=O) groups excluding carboxylic acids is 3. The Morgan fingerprint density at radius 1 is 0.919 bits per heavy atom. The minimum absolute atomic E-state index is 0.0426. The molecule has 2 N–H and O–H groups in total. The lowest BCUT2D eigenvalue weighted by Gasteiger charge is -2.53. The molecule has 0 aromatic heterocycles. The number of likely N-dealkylation sites (N-methyl/N-ethyl adjacent to an activating group) is 1. The normalized spacial score (nSPS) is 38.5. The van der Waals surface area contributed by atoms with E-state index in [0.717, 1.165) is 61.6 Å². The van der Waals surface area contributed by atoms with Crippen molar-refractivity contribution in [2.24, 2.45) is 34.5 Å². The number of amides is 2. The van der Waals surface area contributed by atoms with Crippen LogP contribution in [0.4, 0.5) is 0 Å². The number of hydrogen-bond acceptors (Lipinski definition) is 10. The number of aliphatic hydroxyl groups is 1. The second-order valence-corrected chi connectivity index (χ2v) is 21.2. The van der Waals surface area contributed by atoms with Gasteiger partial charge in [0.15, 0.2) is 11.8 Å². The Hall–Kier alpha value is -3.65. The molecule has 0 spiro atoms. The highest BCUT2D eigenvalue weighted by Gasteiger charge is 2.78. The molecule has 9 fully saturated rings. The maximum atomic E-state index is 15.6. The van der Waals surface area contributed by atoms with Gasteiger partial charge in [0.2, 0.25) is 11.8 Å². The molecule has 12 nitrogen and oxygen atoms in total. The van der Waals surface area contributed by atoms with Gasteiger partial charge in [0.25, 0.3) is 0 Å². The molecule has 11 atom stereocenters. The number of aliphatic hydroxyl groups excluding tert-OH is 1. The number of carbonyl (C=O) groups is 3. The number of nitrogens with zero attached hydrogens (tertiary/aromatic N) is 2. The van der Waals surface area contributed by atoms with Gasteiger partial charge >= 0.3 is 5.97 Å². The summed E-state index contributed by atoms with van der Waals surface area (Å²) < 4.78 is 26.6. The van der Waals surface area contributed by atoms with Crippen LogP contribution in [0.5, 0.6) is 0 Å². The third kappa shape index (κ3) is 6.71. The van der Waals surface area contributed by atoms with Crippen molar-refractivity contribution < 1.29 is 43.3 Å². The second kappa shape index (κ2) is 15.0. The van der Waals surface area contributed by atoms with E-state index >= 15 is 4.79 Å². The number of hydroxylamine groups is 2. The number of ether oxygens (including phenoxy) is 4. The number of allylic oxidation sites excluding steroid dienone is 1. The number of fused-ring (bicyclic) bond motifs is 6. The average molecular weight is 850 g/mol. The van der Waals surface area contributed by atoms with Crippen LogP contribution in [0.2, 0.25) is 0 Å². The van der Waals surface area contributed by atoms with E-state index in [2.05, 4.69) is 56.4 Å². The van der Waals surface area contributed by atoms with E-state index in [9.17, 15) is 14.7 Å². The molecule has 2 aromatic carbocycles. The average Bonchev–Trinajstić information content (AvgIpc) is 4.21. The Morgan fingerprint density at radius 3 is 2.34 bits per heavy atom. The molecule has 9 aliphatic rings. The Bertz CT molecular complexity index is 2110. The molecule has 12 heteroatoms. The molecule has 1 unspecified atom stereocenters. The lowest BCUT2D eigenvalue weighted by Crippen LogP contribution is -2.70. The van der Waals surface area contributed by atoms with Crippen molar-refractivity contribution in [3.8, 4) is 0 Å². The van der Waals surface area contributed by atoms with Gasteiger partial charge in [0.1, 0.15) is 35.9 Å². The van der Waals surface area contributed by atoms with Gasteiger partial charge in [0.05, 0.1) is 24.9 Å². The van der Waals surface area contributed by atoms with Crippen molar-refractivity contribution in [1.29, 1.82) is 0 Å². The van der Waals surface area contributed by atoms with Crippen LogP contribution in [0.3, 0.4) is 0 Å². The molecule has 0 radical (unpaired) electrons. The fourth-order valence-corrected chi connectivity index (χ4v) is 13.0. The predicted molar refractivity (Wildman–Crippen MR) is 227 cm³/mol. The van der Waals surface area contributed by atoms with Crippen molar-refractivity contribution in [3.05, 3.63) is 76.9 Å². The fourth-order valence-electron chi connectivity index (χ4n) is 13.0. The Balaban J connectivity index is 0.904. The number of rotatable bonds is 12. The molecule has 332 valence electrons. The summed E-state index contributed by atoms with van der Waals surface area (Å²) in [7, 11) is 1.65. The molecule has 2 amide bonds. The number of benzene rings is 2. The quantitative estimate of drug-likeness (QED) is 0.201. The fraction of sp³-hybridized carbons (Fsp3) is 0.660. The molecule has 2 bridgehead atoms. The van der Waals surface area contributed by atoms with Gasteiger partial charge in [-0.25, -0.2) is 0 Å². The summed E-state index contributed by atoms with van der Waals surface area (Å²) in [6.45, 7) is 7.19. The van der Waals surface area contributed by atoms with E-state index in [1.807, 2.05) is 30.3 Å². The van der Waals surface area contributed by atoms with Crippen molar-refractivity contribution in [1.82, 2.24) is 15.3 Å². The van der Waals surface area contributed by atoms with Crippen molar-refractivity contribution >= 4 is 23.9 Å². The van der Waals surface area contributed by atoms with Crippen molar-refractivity contribution in [3.63, 3.8) is 0 Å².